The Morgan fingerprint density at radius 2 is 1.62 bits per heavy atom. The van der Waals surface area contributed by atoms with Crippen LogP contribution in [0.2, 0.25) is 0 Å². The molecule has 2 aromatic carbocycles. The van der Waals surface area contributed by atoms with Gasteiger partial charge in [-0.25, -0.2) is 9.59 Å². The van der Waals surface area contributed by atoms with E-state index in [4.69, 9.17) is 21.7 Å². The average molecular weight is 561 g/mol. The maximum absolute atomic E-state index is 13.7. The quantitative estimate of drug-likeness (QED) is 0.290. The summed E-state index contributed by atoms with van der Waals surface area (Å²) in [4.78, 5) is 58.3. The molecule has 10 nitrogen and oxygen atoms in total. The van der Waals surface area contributed by atoms with Gasteiger partial charge in [-0.05, 0) is 80.7 Å². The number of ether oxygens (including phenoxy) is 2. The van der Waals surface area contributed by atoms with Gasteiger partial charge in [-0.2, -0.15) is 0 Å². The second-order valence-electron chi connectivity index (χ2n) is 8.74. The monoisotopic (exact) mass is 560 g/mol. The number of anilines is 2. The van der Waals surface area contributed by atoms with Crippen LogP contribution in [0.1, 0.15) is 46.7 Å². The molecule has 206 valence electrons. The van der Waals surface area contributed by atoms with Gasteiger partial charge in [0, 0.05) is 11.9 Å². The Bertz CT molecular complexity index is 1410. The molecule has 11 heteroatoms. The molecule has 4 rings (SSSR count). The summed E-state index contributed by atoms with van der Waals surface area (Å²) in [5.41, 5.74) is 2.16. The number of hydrogen-bond donors (Lipinski definition) is 1. The van der Waals surface area contributed by atoms with Gasteiger partial charge in [-0.1, -0.05) is 12.1 Å². The third-order valence-corrected chi connectivity index (χ3v) is 6.47. The Balaban J connectivity index is 1.56. The minimum Gasteiger partial charge on any atom is -0.462 e. The molecule has 3 aromatic rings. The summed E-state index contributed by atoms with van der Waals surface area (Å²) in [7, 11) is 0. The molecule has 1 aliphatic heterocycles. The second kappa shape index (κ2) is 12.9. The van der Waals surface area contributed by atoms with Crippen molar-refractivity contribution in [3.63, 3.8) is 0 Å². The van der Waals surface area contributed by atoms with Crippen LogP contribution in [0.5, 0.6) is 0 Å². The van der Waals surface area contributed by atoms with Crippen LogP contribution in [-0.2, 0) is 25.6 Å². The van der Waals surface area contributed by atoms with Crippen molar-refractivity contribution in [2.45, 2.75) is 32.9 Å². The van der Waals surface area contributed by atoms with E-state index in [0.29, 0.717) is 28.2 Å². The smallest absolute Gasteiger partial charge is 0.338 e. The minimum atomic E-state index is -0.910. The number of pyridine rings is 1. The summed E-state index contributed by atoms with van der Waals surface area (Å²) >= 11 is 5.70. The van der Waals surface area contributed by atoms with E-state index < -0.39 is 23.9 Å². The zero-order valence-electron chi connectivity index (χ0n) is 22.0. The topological polar surface area (TPSA) is 118 Å². The lowest BCUT2D eigenvalue weighted by atomic mass is 10.1. The number of nitrogens with zero attached hydrogens (tertiary/aromatic N) is 3. The Morgan fingerprint density at radius 1 is 0.925 bits per heavy atom. The van der Waals surface area contributed by atoms with Gasteiger partial charge in [-0.3, -0.25) is 19.5 Å². The largest absolute Gasteiger partial charge is 0.462 e. The van der Waals surface area contributed by atoms with Gasteiger partial charge in [0.2, 0.25) is 5.91 Å². The van der Waals surface area contributed by atoms with Crippen LogP contribution in [0, 0.1) is 0 Å². The molecule has 1 saturated heterocycles. The lowest BCUT2D eigenvalue weighted by Crippen LogP contribution is -2.37. The number of nitrogens with one attached hydrogen (secondary N) is 1. The summed E-state index contributed by atoms with van der Waals surface area (Å²) in [6, 6.07) is 17.2. The van der Waals surface area contributed by atoms with Crippen LogP contribution in [0.15, 0.2) is 72.9 Å². The Labute approximate surface area is 236 Å². The molecule has 40 heavy (non-hydrogen) atoms. The van der Waals surface area contributed by atoms with E-state index in [1.807, 2.05) is 12.1 Å². The lowest BCUT2D eigenvalue weighted by Gasteiger charge is -2.23. The molecular weight excluding hydrogens is 532 g/mol. The van der Waals surface area contributed by atoms with Gasteiger partial charge in [0.25, 0.3) is 5.91 Å². The second-order valence-corrected chi connectivity index (χ2v) is 9.11. The number of carbonyl (C=O) groups excluding carboxylic acids is 4. The molecule has 0 bridgehead atoms. The molecule has 0 spiro atoms. The Morgan fingerprint density at radius 3 is 2.27 bits per heavy atom. The van der Waals surface area contributed by atoms with E-state index in [-0.39, 0.29) is 37.2 Å². The summed E-state index contributed by atoms with van der Waals surface area (Å²) in [5.74, 6) is -1.79. The molecule has 0 aliphatic carbocycles. The molecule has 0 radical (unpaired) electrons. The first kappa shape index (κ1) is 28.4. The molecule has 1 atom stereocenters. The molecule has 1 N–H and O–H groups in total. The van der Waals surface area contributed by atoms with Crippen LogP contribution in [0.25, 0.3) is 0 Å². The zero-order valence-corrected chi connectivity index (χ0v) is 22.8. The van der Waals surface area contributed by atoms with Crippen LogP contribution >= 0.6 is 12.2 Å². The summed E-state index contributed by atoms with van der Waals surface area (Å²) in [6.07, 6.45) is 1.44. The first-order chi connectivity index (χ1) is 19.3. The van der Waals surface area contributed by atoms with Crippen molar-refractivity contribution in [2.24, 2.45) is 0 Å². The van der Waals surface area contributed by atoms with Crippen LogP contribution < -0.4 is 10.2 Å². The van der Waals surface area contributed by atoms with E-state index >= 15 is 0 Å². The van der Waals surface area contributed by atoms with Gasteiger partial charge in [0.15, 0.2) is 5.11 Å². The fourth-order valence-corrected chi connectivity index (χ4v) is 4.59. The Kier molecular flexibility index (Phi) is 9.18. The predicted molar refractivity (Wildman–Crippen MR) is 152 cm³/mol. The first-order valence-corrected chi connectivity index (χ1v) is 13.1. The van der Waals surface area contributed by atoms with E-state index in [9.17, 15) is 19.2 Å². The number of hydrogen-bond acceptors (Lipinski definition) is 8. The zero-order chi connectivity index (χ0) is 28.6. The van der Waals surface area contributed by atoms with E-state index in [1.165, 1.54) is 11.0 Å². The molecule has 1 fully saturated rings. The number of rotatable bonds is 10. The van der Waals surface area contributed by atoms with Gasteiger partial charge in [-0.15, -0.1) is 0 Å². The maximum Gasteiger partial charge on any atom is 0.338 e. The SMILES string of the molecule is CCOC(=O)c1ccc(N2C(=O)[C@@H](CC(=O)Nc3cccc(C(=O)OCC)c3)N(Cc3ccccn3)C2=S)cc1. The molecule has 2 heterocycles. The third-order valence-electron chi connectivity index (χ3n) is 6.05. The molecular formula is C29H28N4O6S. The molecule has 1 aliphatic rings. The average Bonchev–Trinajstić information content (AvgIpc) is 3.17. The fourth-order valence-electron chi connectivity index (χ4n) is 4.20. The van der Waals surface area contributed by atoms with Crippen LogP contribution in [0.3, 0.4) is 0 Å². The number of thiocarbonyl (C=S) groups is 1. The van der Waals surface area contributed by atoms with Crippen molar-refractivity contribution in [1.82, 2.24) is 9.88 Å². The minimum absolute atomic E-state index is 0.202. The number of aromatic nitrogens is 1. The van der Waals surface area contributed by atoms with Crippen molar-refractivity contribution >= 4 is 52.5 Å². The van der Waals surface area contributed by atoms with E-state index in [0.717, 1.165) is 0 Å². The Hall–Kier alpha value is -4.64. The number of carbonyl (C=O) groups is 4. The van der Waals surface area contributed by atoms with Crippen molar-refractivity contribution in [2.75, 3.05) is 23.4 Å². The van der Waals surface area contributed by atoms with Gasteiger partial charge in [0.1, 0.15) is 6.04 Å². The van der Waals surface area contributed by atoms with Crippen LogP contribution in [-0.4, -0.2) is 58.0 Å². The van der Waals surface area contributed by atoms with Crippen molar-refractivity contribution in [1.29, 1.82) is 0 Å². The van der Waals surface area contributed by atoms with E-state index in [1.54, 1.807) is 73.5 Å². The highest BCUT2D eigenvalue weighted by atomic mass is 32.1. The summed E-state index contributed by atoms with van der Waals surface area (Å²) in [5, 5.41) is 2.97. The predicted octanol–water partition coefficient (Wildman–Crippen LogP) is 3.97. The molecule has 1 aromatic heterocycles. The normalized spacial score (nSPS) is 14.7. The summed E-state index contributed by atoms with van der Waals surface area (Å²) in [6.45, 7) is 4.11. The highest BCUT2D eigenvalue weighted by molar-refractivity contribution is 7.80. The maximum atomic E-state index is 13.7. The standard InChI is InChI=1S/C29H28N4O6S/c1-3-38-27(36)19-11-13-23(14-12-19)33-26(35)24(32(29(33)40)18-22-9-5-6-15-30-22)17-25(34)31-21-10-7-8-20(16-21)28(37)39-4-2/h5-16,24H,3-4,17-18H2,1-2H3,(H,31,34)/t24-/m1/s1. The van der Waals surface area contributed by atoms with Crippen molar-refractivity contribution in [3.8, 4) is 0 Å². The van der Waals surface area contributed by atoms with E-state index in [2.05, 4.69) is 10.3 Å². The lowest BCUT2D eigenvalue weighted by molar-refractivity contribution is -0.124. The molecule has 0 saturated carbocycles. The number of esters is 2. The fraction of sp³-hybridized carbons (Fsp3) is 0.241. The first-order valence-electron chi connectivity index (χ1n) is 12.7. The van der Waals surface area contributed by atoms with Crippen LogP contribution in [0.4, 0.5) is 11.4 Å². The van der Waals surface area contributed by atoms with Crippen molar-refractivity contribution in [3.05, 3.63) is 89.7 Å². The summed E-state index contributed by atoms with van der Waals surface area (Å²) < 4.78 is 10.1. The molecule has 2 amide bonds. The number of benzene rings is 2. The highest BCUT2D eigenvalue weighted by Gasteiger charge is 2.44. The van der Waals surface area contributed by atoms with Gasteiger partial charge < -0.3 is 19.7 Å². The number of amides is 2. The van der Waals surface area contributed by atoms with Gasteiger partial charge >= 0.3 is 11.9 Å². The van der Waals surface area contributed by atoms with Gasteiger partial charge in [0.05, 0.1) is 48.7 Å². The third kappa shape index (κ3) is 6.49. The highest BCUT2D eigenvalue weighted by Crippen LogP contribution is 2.29. The molecule has 0 unspecified atom stereocenters. The van der Waals surface area contributed by atoms with Crippen molar-refractivity contribution < 1.29 is 28.7 Å².